The number of aliphatic hydroxyl groups is 1. The minimum absolute atomic E-state index is 0.0690. The molecule has 1 aliphatic heterocycles. The molecule has 2 aromatic carbocycles. The number of benzene rings is 2. The van der Waals surface area contributed by atoms with Gasteiger partial charge in [0.25, 0.3) is 0 Å². The average molecular weight is 497 g/mol. The van der Waals surface area contributed by atoms with E-state index in [1.165, 1.54) is 19.1 Å². The Bertz CT molecular complexity index is 1290. The summed E-state index contributed by atoms with van der Waals surface area (Å²) in [4.78, 5) is 39.2. The number of ether oxygens (including phenoxy) is 2. The molecule has 0 spiro atoms. The van der Waals surface area contributed by atoms with E-state index in [0.717, 1.165) is 0 Å². The van der Waals surface area contributed by atoms with Crippen LogP contribution in [-0.2, 0) is 20.7 Å². The molecule has 2 aliphatic carbocycles. The van der Waals surface area contributed by atoms with E-state index in [0.29, 0.717) is 6.42 Å². The van der Waals surface area contributed by atoms with E-state index in [9.17, 15) is 29.7 Å². The standard InChI is InChI=1S/C26H28N2O8/c1-11(30)26(28)8-16-19(17(9-26)36-18-7-12(27)6-13(10-29)35-18)25(34)21-20(24(16)33)22(31)14-4-2-3-5-15(14)23(21)32/h2-5,12-13,17-18,29,33-34H,6-10,27-28H2,1H3/t12-,13+,17?,18+,26?/m1/s1. The van der Waals surface area contributed by atoms with Crippen LogP contribution in [0.25, 0.3) is 0 Å². The highest BCUT2D eigenvalue weighted by Gasteiger charge is 2.48. The van der Waals surface area contributed by atoms with Crippen LogP contribution in [0, 0.1) is 0 Å². The molecule has 3 aliphatic rings. The fourth-order valence-corrected chi connectivity index (χ4v) is 5.51. The highest BCUT2D eigenvalue weighted by molar-refractivity contribution is 6.30. The summed E-state index contributed by atoms with van der Waals surface area (Å²) in [5.41, 5.74) is 10.8. The van der Waals surface area contributed by atoms with Crippen LogP contribution in [0.2, 0.25) is 0 Å². The summed E-state index contributed by atoms with van der Waals surface area (Å²) in [5, 5.41) is 32.2. The number of aromatic hydroxyl groups is 2. The molecule has 1 fully saturated rings. The second kappa shape index (κ2) is 8.75. The molecule has 0 radical (unpaired) electrons. The summed E-state index contributed by atoms with van der Waals surface area (Å²) in [6.45, 7) is 1.05. The Balaban J connectivity index is 1.66. The number of carbonyl (C=O) groups is 3. The number of rotatable bonds is 4. The summed E-state index contributed by atoms with van der Waals surface area (Å²) >= 11 is 0. The lowest BCUT2D eigenvalue weighted by Gasteiger charge is -2.41. The third-order valence-corrected chi connectivity index (χ3v) is 7.45. The lowest BCUT2D eigenvalue weighted by atomic mass is 9.71. The Morgan fingerprint density at radius 1 is 1.11 bits per heavy atom. The number of aliphatic hydroxyl groups excluding tert-OH is 1. The van der Waals surface area contributed by atoms with E-state index in [1.54, 1.807) is 12.1 Å². The van der Waals surface area contributed by atoms with Gasteiger partial charge in [0.2, 0.25) is 0 Å². The predicted octanol–water partition coefficient (Wildman–Crippen LogP) is 0.988. The van der Waals surface area contributed by atoms with Crippen LogP contribution >= 0.6 is 0 Å². The molecule has 10 nitrogen and oxygen atoms in total. The molecule has 5 atom stereocenters. The Hall–Kier alpha value is -3.15. The summed E-state index contributed by atoms with van der Waals surface area (Å²) in [7, 11) is 0. The zero-order valence-electron chi connectivity index (χ0n) is 19.7. The first-order valence-electron chi connectivity index (χ1n) is 11.8. The van der Waals surface area contributed by atoms with Crippen LogP contribution in [0.3, 0.4) is 0 Å². The summed E-state index contributed by atoms with van der Waals surface area (Å²) in [6, 6.07) is 5.84. The maximum atomic E-state index is 13.4. The molecule has 190 valence electrons. The van der Waals surface area contributed by atoms with Crippen LogP contribution in [0.5, 0.6) is 11.5 Å². The van der Waals surface area contributed by atoms with Gasteiger partial charge < -0.3 is 36.3 Å². The van der Waals surface area contributed by atoms with E-state index in [2.05, 4.69) is 0 Å². The molecule has 0 amide bonds. The number of hydrogen-bond donors (Lipinski definition) is 5. The van der Waals surface area contributed by atoms with Crippen LogP contribution in [0.4, 0.5) is 0 Å². The molecule has 10 heteroatoms. The monoisotopic (exact) mass is 496 g/mol. The predicted molar refractivity (Wildman–Crippen MR) is 126 cm³/mol. The van der Waals surface area contributed by atoms with Crippen molar-refractivity contribution in [2.24, 2.45) is 11.5 Å². The van der Waals surface area contributed by atoms with Gasteiger partial charge in [0.05, 0.1) is 35.5 Å². The highest BCUT2D eigenvalue weighted by Crippen LogP contribution is 2.51. The number of phenolic OH excluding ortho intramolecular Hbond substituents is 2. The largest absolute Gasteiger partial charge is 0.507 e. The van der Waals surface area contributed by atoms with Gasteiger partial charge in [-0.15, -0.1) is 0 Å². The molecular weight excluding hydrogens is 468 g/mol. The van der Waals surface area contributed by atoms with Crippen molar-refractivity contribution in [3.63, 3.8) is 0 Å². The van der Waals surface area contributed by atoms with Gasteiger partial charge in [0.1, 0.15) is 17.3 Å². The topological polar surface area (TPSA) is 182 Å². The van der Waals surface area contributed by atoms with Crippen molar-refractivity contribution >= 4 is 17.3 Å². The molecule has 7 N–H and O–H groups in total. The van der Waals surface area contributed by atoms with E-state index >= 15 is 0 Å². The Morgan fingerprint density at radius 2 is 1.72 bits per heavy atom. The molecule has 5 rings (SSSR count). The second-order valence-electron chi connectivity index (χ2n) is 9.86. The van der Waals surface area contributed by atoms with Gasteiger partial charge in [0, 0.05) is 47.6 Å². The number of ketones is 3. The van der Waals surface area contributed by atoms with Gasteiger partial charge >= 0.3 is 0 Å². The molecule has 2 aromatic rings. The third kappa shape index (κ3) is 3.73. The number of phenols is 2. The van der Waals surface area contributed by atoms with Crippen LogP contribution in [0.1, 0.15) is 75.3 Å². The molecule has 0 saturated carbocycles. The molecule has 1 saturated heterocycles. The maximum Gasteiger partial charge on any atom is 0.198 e. The van der Waals surface area contributed by atoms with Gasteiger partial charge in [-0.1, -0.05) is 24.3 Å². The average Bonchev–Trinajstić information content (AvgIpc) is 2.84. The van der Waals surface area contributed by atoms with Crippen molar-refractivity contribution in [2.75, 3.05) is 6.61 Å². The molecule has 0 bridgehead atoms. The molecular formula is C26H28N2O8. The molecule has 0 aromatic heterocycles. The molecule has 36 heavy (non-hydrogen) atoms. The Kier molecular flexibility index (Phi) is 5.97. The van der Waals surface area contributed by atoms with Crippen LogP contribution < -0.4 is 11.5 Å². The summed E-state index contributed by atoms with van der Waals surface area (Å²) in [5.74, 6) is -2.61. The van der Waals surface area contributed by atoms with E-state index in [4.69, 9.17) is 20.9 Å². The lowest BCUT2D eigenvalue weighted by Crippen LogP contribution is -2.53. The minimum atomic E-state index is -1.47. The van der Waals surface area contributed by atoms with Crippen molar-refractivity contribution in [2.45, 2.75) is 62.7 Å². The lowest BCUT2D eigenvalue weighted by molar-refractivity contribution is -0.229. The van der Waals surface area contributed by atoms with E-state index < -0.39 is 47.1 Å². The number of hydrogen-bond acceptors (Lipinski definition) is 10. The number of Topliss-reactive ketones (excluding diaryl/α,β-unsaturated/α-hetero) is 1. The first kappa shape index (κ1) is 24.5. The Morgan fingerprint density at radius 3 is 2.31 bits per heavy atom. The number of carbonyl (C=O) groups excluding carboxylic acids is 3. The van der Waals surface area contributed by atoms with E-state index in [1.807, 2.05) is 0 Å². The van der Waals surface area contributed by atoms with Crippen molar-refractivity contribution < 1.29 is 39.2 Å². The van der Waals surface area contributed by atoms with Crippen LogP contribution in [0.15, 0.2) is 24.3 Å². The third-order valence-electron chi connectivity index (χ3n) is 7.45. The highest BCUT2D eigenvalue weighted by atomic mass is 16.7. The number of nitrogens with two attached hydrogens (primary N) is 2. The second-order valence-corrected chi connectivity index (χ2v) is 9.86. The van der Waals surface area contributed by atoms with Crippen molar-refractivity contribution in [3.05, 3.63) is 57.6 Å². The van der Waals surface area contributed by atoms with Gasteiger partial charge in [-0.3, -0.25) is 14.4 Å². The maximum absolute atomic E-state index is 13.4. The molecule has 2 unspecified atom stereocenters. The first-order valence-corrected chi connectivity index (χ1v) is 11.8. The summed E-state index contributed by atoms with van der Waals surface area (Å²) in [6.07, 6.45) is -2.04. The van der Waals surface area contributed by atoms with Crippen LogP contribution in [-0.4, -0.2) is 63.3 Å². The number of fused-ring (bicyclic) bond motifs is 3. The quantitative estimate of drug-likeness (QED) is 0.327. The zero-order chi connectivity index (χ0) is 25.9. The SMILES string of the molecule is CC(=O)C1(N)Cc2c(O)c3c(c(O)c2C(O[C@H]2C[C@H](N)C[C@@H](CO)O2)C1)C(=O)c1ccccc1C3=O. The van der Waals surface area contributed by atoms with Crippen molar-refractivity contribution in [1.82, 2.24) is 0 Å². The minimum Gasteiger partial charge on any atom is -0.507 e. The zero-order valence-corrected chi connectivity index (χ0v) is 19.7. The fraction of sp³-hybridized carbons (Fsp3) is 0.423. The fourth-order valence-electron chi connectivity index (χ4n) is 5.51. The first-order chi connectivity index (χ1) is 17.1. The smallest absolute Gasteiger partial charge is 0.198 e. The van der Waals surface area contributed by atoms with E-state index in [-0.39, 0.29) is 71.1 Å². The summed E-state index contributed by atoms with van der Waals surface area (Å²) < 4.78 is 11.9. The molecule has 1 heterocycles. The van der Waals surface area contributed by atoms with Gasteiger partial charge in [-0.05, 0) is 13.3 Å². The van der Waals surface area contributed by atoms with Crippen molar-refractivity contribution in [3.8, 4) is 11.5 Å². The Labute approximate surface area is 206 Å². The normalized spacial score (nSPS) is 29.3. The van der Waals surface area contributed by atoms with Gasteiger partial charge in [-0.25, -0.2) is 0 Å². The van der Waals surface area contributed by atoms with Crippen molar-refractivity contribution in [1.29, 1.82) is 0 Å². The van der Waals surface area contributed by atoms with Gasteiger partial charge in [0.15, 0.2) is 17.9 Å². The van der Waals surface area contributed by atoms with Gasteiger partial charge in [-0.2, -0.15) is 0 Å².